The number of hydrogen-bond donors (Lipinski definition) is 0. The third-order valence-electron chi connectivity index (χ3n) is 2.25. The maximum atomic E-state index is 4.05. The number of aryl methyl sites for hydroxylation is 1. The lowest BCUT2D eigenvalue weighted by atomic mass is 9.49. The Labute approximate surface area is 130 Å². The van der Waals surface area contributed by atoms with Crippen molar-refractivity contribution in [3.63, 3.8) is 0 Å². The van der Waals surface area contributed by atoms with Crippen molar-refractivity contribution in [2.75, 3.05) is 0 Å². The lowest BCUT2D eigenvalue weighted by molar-refractivity contribution is 1.09. The summed E-state index contributed by atoms with van der Waals surface area (Å²) in [7, 11) is 0. The fourth-order valence-corrected chi connectivity index (χ4v) is 1.83. The van der Waals surface area contributed by atoms with Crippen LogP contribution in [0.5, 0.6) is 0 Å². The quantitative estimate of drug-likeness (QED) is 0.674. The molecule has 0 saturated carbocycles. The maximum absolute atomic E-state index is 4.05. The average molecular weight is 291 g/mol. The Balaban J connectivity index is 0. The van der Waals surface area contributed by atoms with Gasteiger partial charge in [-0.1, -0.05) is 84.1 Å². The molecule has 2 aromatic rings. The zero-order chi connectivity index (χ0) is 15.8. The van der Waals surface area contributed by atoms with Crippen molar-refractivity contribution >= 4 is 23.5 Å². The summed E-state index contributed by atoms with van der Waals surface area (Å²) >= 11 is 1.71. The van der Waals surface area contributed by atoms with E-state index in [0.717, 1.165) is 6.42 Å². The van der Waals surface area contributed by atoms with Crippen LogP contribution in [0.4, 0.5) is 0 Å². The van der Waals surface area contributed by atoms with E-state index in [1.807, 2.05) is 45.3 Å². The largest absolute Gasteiger partial charge is 0.250 e. The van der Waals surface area contributed by atoms with E-state index in [2.05, 4.69) is 49.8 Å². The molecule has 0 radical (unpaired) electrons. The Morgan fingerprint density at radius 2 is 1.55 bits per heavy atom. The summed E-state index contributed by atoms with van der Waals surface area (Å²) in [5.41, 5.74) is 1.41. The van der Waals surface area contributed by atoms with Gasteiger partial charge in [-0.25, -0.2) is 4.98 Å². The van der Waals surface area contributed by atoms with Gasteiger partial charge in [-0.3, -0.25) is 0 Å². The molecule has 1 heterocycles. The van der Waals surface area contributed by atoms with Gasteiger partial charge in [0, 0.05) is 11.6 Å². The molecule has 0 fully saturated rings. The predicted molar refractivity (Wildman–Crippen MR) is 97.7 cm³/mol. The van der Waals surface area contributed by atoms with Crippen LogP contribution in [0.3, 0.4) is 0 Å². The van der Waals surface area contributed by atoms with Gasteiger partial charge in [-0.15, -0.1) is 11.3 Å². The molecular weight excluding hydrogens is 261 g/mol. The summed E-state index contributed by atoms with van der Waals surface area (Å²) in [5.74, 6) is 0. The topological polar surface area (TPSA) is 12.9 Å². The normalized spacial score (nSPS) is 7.95. The lowest BCUT2D eigenvalue weighted by Crippen LogP contribution is -2.21. The van der Waals surface area contributed by atoms with Crippen LogP contribution in [0.25, 0.3) is 0 Å². The molecule has 0 aliphatic rings. The molecule has 1 aromatic carbocycles. The Morgan fingerprint density at radius 3 is 1.80 bits per heavy atom. The molecule has 0 N–H and O–H groups in total. The van der Waals surface area contributed by atoms with Gasteiger partial charge in [-0.2, -0.15) is 0 Å². The molecule has 112 valence electrons. The third-order valence-corrected chi connectivity index (χ3v) is 3.18. The molecule has 0 atom stereocenters. The highest BCUT2D eigenvalue weighted by molar-refractivity contribution is 7.09. The zero-order valence-corrected chi connectivity index (χ0v) is 15.0. The average Bonchev–Trinajstić information content (AvgIpc) is 3.06. The van der Waals surface area contributed by atoms with E-state index in [9.17, 15) is 0 Å². The molecule has 1 aromatic heterocycles. The Bertz CT molecular complexity index is 371. The fraction of sp³-hybridized carbons (Fsp3) is 0.471. The Morgan fingerprint density at radius 1 is 1.00 bits per heavy atom. The van der Waals surface area contributed by atoms with Crippen LogP contribution in [0, 0.1) is 0 Å². The van der Waals surface area contributed by atoms with E-state index in [4.69, 9.17) is 0 Å². The highest BCUT2D eigenvalue weighted by atomic mass is 32.1. The molecule has 3 heteroatoms. The summed E-state index contributed by atoms with van der Waals surface area (Å²) in [6, 6.07) is 10.5. The number of aromatic nitrogens is 1. The van der Waals surface area contributed by atoms with Gasteiger partial charge in [0.05, 0.1) is 5.01 Å². The first-order valence-corrected chi connectivity index (χ1v) is 8.55. The number of thiazole rings is 1. The second-order valence-corrected chi connectivity index (χ2v) is 4.82. The molecule has 0 aliphatic heterocycles. The molecular formula is C17H30BNS. The van der Waals surface area contributed by atoms with E-state index in [-0.39, 0.29) is 0 Å². The van der Waals surface area contributed by atoms with Gasteiger partial charge in [-0.05, 0) is 6.42 Å². The van der Waals surface area contributed by atoms with Crippen molar-refractivity contribution in [3.05, 3.63) is 46.9 Å². The summed E-state index contributed by atoms with van der Waals surface area (Å²) in [6.07, 6.45) is 2.90. The molecule has 1 nitrogen and oxygen atoms in total. The van der Waals surface area contributed by atoms with Crippen LogP contribution in [-0.2, 0) is 6.42 Å². The number of nitrogens with zero attached hydrogens (tertiary/aromatic N) is 1. The smallest absolute Gasteiger partial charge is 0.169 e. The Hall–Kier alpha value is -1.09. The molecule has 2 rings (SSSR count). The van der Waals surface area contributed by atoms with Gasteiger partial charge in [0.2, 0.25) is 0 Å². The monoisotopic (exact) mass is 291 g/mol. The maximum Gasteiger partial charge on any atom is 0.169 e. The van der Waals surface area contributed by atoms with Crippen molar-refractivity contribution in [1.29, 1.82) is 0 Å². The molecule has 0 amide bonds. The third kappa shape index (κ3) is 10.8. The first-order valence-electron chi connectivity index (χ1n) is 7.67. The lowest BCUT2D eigenvalue weighted by Gasteiger charge is -1.98. The minimum absolute atomic E-state index is 0.659. The number of hydrogen-bond acceptors (Lipinski definition) is 2. The first kappa shape index (κ1) is 21.2. The predicted octanol–water partition coefficient (Wildman–Crippen LogP) is 5.41. The summed E-state index contributed by atoms with van der Waals surface area (Å²) in [4.78, 5) is 4.05. The SMILES string of the molecule is CB(C)c1ccccc1.CC.CC.CCc1nccs1. The second-order valence-electron chi connectivity index (χ2n) is 3.84. The minimum atomic E-state index is 0.659. The van der Waals surface area contributed by atoms with E-state index in [1.165, 1.54) is 10.5 Å². The number of benzene rings is 1. The highest BCUT2D eigenvalue weighted by Gasteiger charge is 1.98. The number of rotatable bonds is 2. The van der Waals surface area contributed by atoms with Crippen molar-refractivity contribution in [2.24, 2.45) is 0 Å². The van der Waals surface area contributed by atoms with E-state index < -0.39 is 0 Å². The fourth-order valence-electron chi connectivity index (χ4n) is 1.27. The standard InChI is InChI=1S/C8H11B.C5H7NS.2C2H6/c1-9(2)8-6-4-3-5-7-8;1-2-5-6-3-4-7-5;2*1-2/h3-7H,1-2H3;3-4H,2H2,1H3;2*1-2H3. The highest BCUT2D eigenvalue weighted by Crippen LogP contribution is 2.02. The van der Waals surface area contributed by atoms with Gasteiger partial charge in [0.1, 0.15) is 0 Å². The van der Waals surface area contributed by atoms with Crippen LogP contribution in [0.15, 0.2) is 41.9 Å². The van der Waals surface area contributed by atoms with Gasteiger partial charge >= 0.3 is 0 Å². The molecule has 0 saturated heterocycles. The van der Waals surface area contributed by atoms with Crippen molar-refractivity contribution in [3.8, 4) is 0 Å². The van der Waals surface area contributed by atoms with Crippen LogP contribution in [0.2, 0.25) is 13.6 Å². The van der Waals surface area contributed by atoms with Gasteiger partial charge in [0.15, 0.2) is 6.71 Å². The Kier molecular flexibility index (Phi) is 16.9. The molecule has 0 spiro atoms. The molecule has 0 aliphatic carbocycles. The van der Waals surface area contributed by atoms with Crippen LogP contribution < -0.4 is 5.46 Å². The van der Waals surface area contributed by atoms with Crippen LogP contribution in [-0.4, -0.2) is 11.7 Å². The van der Waals surface area contributed by atoms with Crippen molar-refractivity contribution < 1.29 is 0 Å². The summed E-state index contributed by atoms with van der Waals surface area (Å²) in [5, 5.41) is 3.22. The van der Waals surface area contributed by atoms with Crippen molar-refractivity contribution in [2.45, 2.75) is 54.7 Å². The van der Waals surface area contributed by atoms with E-state index >= 15 is 0 Å². The van der Waals surface area contributed by atoms with Gasteiger partial charge < -0.3 is 0 Å². The minimum Gasteiger partial charge on any atom is -0.250 e. The second kappa shape index (κ2) is 16.0. The van der Waals surface area contributed by atoms with E-state index in [1.54, 1.807) is 11.3 Å². The molecule has 0 unspecified atom stereocenters. The van der Waals surface area contributed by atoms with Crippen molar-refractivity contribution in [1.82, 2.24) is 4.98 Å². The van der Waals surface area contributed by atoms with Crippen LogP contribution >= 0.6 is 11.3 Å². The van der Waals surface area contributed by atoms with Crippen LogP contribution in [0.1, 0.15) is 39.6 Å². The summed E-state index contributed by atoms with van der Waals surface area (Å²) in [6.45, 7) is 15.2. The van der Waals surface area contributed by atoms with Gasteiger partial charge in [0.25, 0.3) is 0 Å². The first-order chi connectivity index (χ1) is 9.74. The zero-order valence-electron chi connectivity index (χ0n) is 14.2. The van der Waals surface area contributed by atoms with E-state index in [0.29, 0.717) is 6.71 Å². The molecule has 0 bridgehead atoms. The summed E-state index contributed by atoms with van der Waals surface area (Å²) < 4.78 is 0. The molecule has 20 heavy (non-hydrogen) atoms.